The summed E-state index contributed by atoms with van der Waals surface area (Å²) in [6.07, 6.45) is 0.874. The molecule has 0 atom stereocenters. The molecule has 1 aliphatic heterocycles. The first-order valence-electron chi connectivity index (χ1n) is 6.23. The molecule has 2 aromatic carbocycles. The van der Waals surface area contributed by atoms with Crippen molar-refractivity contribution in [2.24, 2.45) is 5.73 Å². The fourth-order valence-electron chi connectivity index (χ4n) is 2.50. The Labute approximate surface area is 132 Å². The third-order valence-electron chi connectivity index (χ3n) is 3.38. The van der Waals surface area contributed by atoms with E-state index in [1.54, 1.807) is 12.1 Å². The van der Waals surface area contributed by atoms with Crippen LogP contribution in [0.3, 0.4) is 0 Å². The van der Waals surface area contributed by atoms with Crippen LogP contribution in [0.4, 0.5) is 0 Å². The summed E-state index contributed by atoms with van der Waals surface area (Å²) in [6, 6.07) is 7.42. The number of fused-ring (bicyclic) bond motifs is 1. The summed E-state index contributed by atoms with van der Waals surface area (Å²) in [4.78, 5) is 0. The highest BCUT2D eigenvalue weighted by molar-refractivity contribution is 6.41. The quantitative estimate of drug-likeness (QED) is 0.866. The van der Waals surface area contributed by atoms with E-state index in [1.807, 2.05) is 6.07 Å². The molecule has 20 heavy (non-hydrogen) atoms. The van der Waals surface area contributed by atoms with Gasteiger partial charge in [0.05, 0.1) is 16.7 Å². The van der Waals surface area contributed by atoms with Gasteiger partial charge < -0.3 is 10.5 Å². The number of hydrogen-bond donors (Lipinski definition) is 1. The fraction of sp³-hybridized carbons (Fsp3) is 0.200. The molecule has 0 aromatic heterocycles. The molecule has 5 heteroatoms. The van der Waals surface area contributed by atoms with Crippen LogP contribution in [0.25, 0.3) is 11.1 Å². The molecule has 0 bridgehead atoms. The third-order valence-corrected chi connectivity index (χ3v) is 4.19. The third kappa shape index (κ3) is 2.38. The normalized spacial score (nSPS) is 13.2. The lowest BCUT2D eigenvalue weighted by Crippen LogP contribution is -2.00. The monoisotopic (exact) mass is 327 g/mol. The molecule has 0 aliphatic carbocycles. The van der Waals surface area contributed by atoms with E-state index in [2.05, 4.69) is 6.07 Å². The van der Waals surface area contributed by atoms with Gasteiger partial charge in [-0.25, -0.2) is 0 Å². The van der Waals surface area contributed by atoms with Gasteiger partial charge in [-0.05, 0) is 35.4 Å². The molecular weight excluding hydrogens is 317 g/mol. The molecule has 0 saturated carbocycles. The molecule has 2 N–H and O–H groups in total. The molecule has 0 radical (unpaired) electrons. The van der Waals surface area contributed by atoms with Crippen LogP contribution >= 0.6 is 34.8 Å². The van der Waals surface area contributed by atoms with Crippen LogP contribution in [0, 0.1) is 0 Å². The van der Waals surface area contributed by atoms with E-state index < -0.39 is 0 Å². The van der Waals surface area contributed by atoms with Gasteiger partial charge >= 0.3 is 0 Å². The molecule has 0 fully saturated rings. The Morgan fingerprint density at radius 3 is 2.40 bits per heavy atom. The summed E-state index contributed by atoms with van der Waals surface area (Å²) in [7, 11) is 0. The summed E-state index contributed by atoms with van der Waals surface area (Å²) >= 11 is 18.5. The minimum Gasteiger partial charge on any atom is -0.493 e. The highest BCUT2D eigenvalue weighted by Crippen LogP contribution is 2.41. The number of halogens is 3. The highest BCUT2D eigenvalue weighted by Gasteiger charge is 2.19. The minimum atomic E-state index is 0.416. The molecule has 2 nitrogen and oxygen atoms in total. The van der Waals surface area contributed by atoms with Crippen molar-refractivity contribution in [1.29, 1.82) is 0 Å². The van der Waals surface area contributed by atoms with Gasteiger partial charge in [-0.3, -0.25) is 0 Å². The van der Waals surface area contributed by atoms with Crippen molar-refractivity contribution in [1.82, 2.24) is 0 Å². The molecule has 104 valence electrons. The molecular formula is C15H12Cl3NO. The van der Waals surface area contributed by atoms with Gasteiger partial charge in [0.25, 0.3) is 0 Å². The van der Waals surface area contributed by atoms with Crippen LogP contribution in [0.15, 0.2) is 24.3 Å². The van der Waals surface area contributed by atoms with E-state index in [0.717, 1.165) is 34.4 Å². The maximum absolute atomic E-state index is 6.28. The molecule has 0 unspecified atom stereocenters. The Hall–Kier alpha value is -0.930. The first-order chi connectivity index (χ1) is 9.60. The van der Waals surface area contributed by atoms with Crippen LogP contribution in [-0.2, 0) is 13.0 Å². The Morgan fingerprint density at radius 1 is 1.05 bits per heavy atom. The Balaban J connectivity index is 2.21. The zero-order valence-electron chi connectivity index (χ0n) is 10.6. The molecule has 1 heterocycles. The summed E-state index contributed by atoms with van der Waals surface area (Å²) in [5.41, 5.74) is 9.64. The Morgan fingerprint density at radius 2 is 1.75 bits per heavy atom. The van der Waals surface area contributed by atoms with Gasteiger partial charge in [-0.15, -0.1) is 0 Å². The maximum atomic E-state index is 6.28. The SMILES string of the molecule is NCc1cc(-c2c(Cl)cc(Cl)cc2Cl)cc2c1OCC2. The summed E-state index contributed by atoms with van der Waals surface area (Å²) in [5, 5.41) is 1.58. The van der Waals surface area contributed by atoms with Gasteiger partial charge in [0.15, 0.2) is 0 Å². The Bertz CT molecular complexity index is 662. The van der Waals surface area contributed by atoms with Crippen molar-refractivity contribution in [2.75, 3.05) is 6.61 Å². The lowest BCUT2D eigenvalue weighted by molar-refractivity contribution is 0.353. The van der Waals surface area contributed by atoms with Crippen molar-refractivity contribution in [3.63, 3.8) is 0 Å². The van der Waals surface area contributed by atoms with E-state index in [9.17, 15) is 0 Å². The second kappa shape index (κ2) is 5.45. The average molecular weight is 329 g/mol. The zero-order chi connectivity index (χ0) is 14.3. The second-order valence-electron chi connectivity index (χ2n) is 4.67. The largest absolute Gasteiger partial charge is 0.493 e. The van der Waals surface area contributed by atoms with E-state index in [-0.39, 0.29) is 0 Å². The maximum Gasteiger partial charge on any atom is 0.127 e. The lowest BCUT2D eigenvalue weighted by atomic mass is 9.98. The molecule has 0 amide bonds. The number of nitrogens with two attached hydrogens (primary N) is 1. The predicted molar refractivity (Wildman–Crippen MR) is 84.0 cm³/mol. The minimum absolute atomic E-state index is 0.416. The van der Waals surface area contributed by atoms with Crippen molar-refractivity contribution in [2.45, 2.75) is 13.0 Å². The van der Waals surface area contributed by atoms with Crippen LogP contribution < -0.4 is 10.5 Å². The number of rotatable bonds is 2. The van der Waals surface area contributed by atoms with Crippen molar-refractivity contribution in [3.8, 4) is 16.9 Å². The van der Waals surface area contributed by atoms with E-state index >= 15 is 0 Å². The molecule has 2 aromatic rings. The summed E-state index contributed by atoms with van der Waals surface area (Å²) in [6.45, 7) is 1.10. The Kier molecular flexibility index (Phi) is 3.83. The summed E-state index contributed by atoms with van der Waals surface area (Å²) < 4.78 is 5.62. The van der Waals surface area contributed by atoms with Crippen molar-refractivity contribution >= 4 is 34.8 Å². The van der Waals surface area contributed by atoms with Gasteiger partial charge in [-0.1, -0.05) is 34.8 Å². The first-order valence-corrected chi connectivity index (χ1v) is 7.37. The van der Waals surface area contributed by atoms with Gasteiger partial charge in [0.2, 0.25) is 0 Å². The van der Waals surface area contributed by atoms with Gasteiger partial charge in [-0.2, -0.15) is 0 Å². The topological polar surface area (TPSA) is 35.2 Å². The fourth-order valence-corrected chi connectivity index (χ4v) is 3.54. The van der Waals surface area contributed by atoms with Crippen LogP contribution in [-0.4, -0.2) is 6.61 Å². The number of ether oxygens (including phenoxy) is 1. The smallest absolute Gasteiger partial charge is 0.127 e. The van der Waals surface area contributed by atoms with Crippen molar-refractivity contribution in [3.05, 3.63) is 50.5 Å². The van der Waals surface area contributed by atoms with E-state index in [4.69, 9.17) is 45.3 Å². The van der Waals surface area contributed by atoms with Crippen molar-refractivity contribution < 1.29 is 4.74 Å². The standard InChI is InChI=1S/C15H12Cl3NO/c16-11-5-12(17)14(13(18)6-11)9-3-8-1-2-20-15(8)10(4-9)7-19/h3-6H,1-2,7,19H2. The number of hydrogen-bond acceptors (Lipinski definition) is 2. The second-order valence-corrected chi connectivity index (χ2v) is 5.92. The zero-order valence-corrected chi connectivity index (χ0v) is 12.8. The average Bonchev–Trinajstić information content (AvgIpc) is 2.84. The molecule has 3 rings (SSSR count). The van der Waals surface area contributed by atoms with Crippen LogP contribution in [0.2, 0.25) is 15.1 Å². The highest BCUT2D eigenvalue weighted by atomic mass is 35.5. The molecule has 0 saturated heterocycles. The van der Waals surface area contributed by atoms with E-state index in [0.29, 0.717) is 28.2 Å². The van der Waals surface area contributed by atoms with Crippen LogP contribution in [0.1, 0.15) is 11.1 Å². The number of benzene rings is 2. The van der Waals surface area contributed by atoms with Crippen LogP contribution in [0.5, 0.6) is 5.75 Å². The summed E-state index contributed by atoms with van der Waals surface area (Å²) in [5.74, 6) is 0.900. The van der Waals surface area contributed by atoms with E-state index in [1.165, 1.54) is 0 Å². The predicted octanol–water partition coefficient (Wildman–Crippen LogP) is 4.71. The van der Waals surface area contributed by atoms with Gasteiger partial charge in [0.1, 0.15) is 5.75 Å². The lowest BCUT2D eigenvalue weighted by Gasteiger charge is -2.12. The van der Waals surface area contributed by atoms with Gasteiger partial charge in [0, 0.05) is 29.1 Å². The molecule has 1 aliphatic rings. The molecule has 0 spiro atoms. The first kappa shape index (κ1) is 14.0.